The van der Waals surface area contributed by atoms with Crippen molar-refractivity contribution < 1.29 is 14.3 Å². The molecule has 0 aromatic heterocycles. The van der Waals surface area contributed by atoms with Crippen molar-refractivity contribution in [3.05, 3.63) is 70.8 Å². The Balaban J connectivity index is 1.89. The van der Waals surface area contributed by atoms with Gasteiger partial charge in [0.2, 0.25) is 0 Å². The fraction of sp³-hybridized carbons (Fsp3) is 0.316. The lowest BCUT2D eigenvalue weighted by Gasteiger charge is -2.08. The second-order valence-electron chi connectivity index (χ2n) is 5.27. The molecule has 0 aliphatic carbocycles. The minimum atomic E-state index is -0.0821. The molecule has 2 aromatic carbocycles. The number of benzene rings is 2. The van der Waals surface area contributed by atoms with Crippen molar-refractivity contribution in [2.24, 2.45) is 0 Å². The molecule has 4 nitrogen and oxygen atoms in total. The van der Waals surface area contributed by atoms with Gasteiger partial charge in [0.1, 0.15) is 0 Å². The van der Waals surface area contributed by atoms with E-state index in [-0.39, 0.29) is 5.91 Å². The van der Waals surface area contributed by atoms with Crippen molar-refractivity contribution in [1.82, 2.24) is 5.32 Å². The van der Waals surface area contributed by atoms with Crippen LogP contribution in [0.4, 0.5) is 0 Å². The summed E-state index contributed by atoms with van der Waals surface area (Å²) in [7, 11) is 1.64. The monoisotopic (exact) mass is 313 g/mol. The van der Waals surface area contributed by atoms with Crippen LogP contribution in [-0.4, -0.2) is 19.6 Å². The number of carbonyl (C=O) groups is 1. The highest BCUT2D eigenvalue weighted by Crippen LogP contribution is 2.08. The van der Waals surface area contributed by atoms with Gasteiger partial charge in [-0.2, -0.15) is 0 Å². The molecule has 1 N–H and O–H groups in total. The standard InChI is InChI=1S/C19H23NO3/c1-3-23-14-16-9-7-15(8-10-16)12-20-19(21)18-6-4-5-17(11-18)13-22-2/h4-11H,3,12-14H2,1-2H3,(H,20,21). The normalized spacial score (nSPS) is 10.5. The van der Waals surface area contributed by atoms with E-state index in [1.54, 1.807) is 13.2 Å². The Bertz CT molecular complexity index is 623. The Hall–Kier alpha value is -2.17. The second kappa shape index (κ2) is 9.08. The lowest BCUT2D eigenvalue weighted by Crippen LogP contribution is -2.22. The van der Waals surface area contributed by atoms with Gasteiger partial charge in [-0.15, -0.1) is 0 Å². The molecule has 0 radical (unpaired) electrons. The van der Waals surface area contributed by atoms with E-state index in [1.165, 1.54) is 0 Å². The van der Waals surface area contributed by atoms with Crippen molar-refractivity contribution in [3.63, 3.8) is 0 Å². The Kier molecular flexibility index (Phi) is 6.78. The summed E-state index contributed by atoms with van der Waals surface area (Å²) in [6.45, 7) is 4.31. The van der Waals surface area contributed by atoms with Gasteiger partial charge in [-0.05, 0) is 35.7 Å². The smallest absolute Gasteiger partial charge is 0.251 e. The predicted molar refractivity (Wildman–Crippen MR) is 90.1 cm³/mol. The molecule has 23 heavy (non-hydrogen) atoms. The first-order valence-electron chi connectivity index (χ1n) is 7.74. The van der Waals surface area contributed by atoms with Gasteiger partial charge in [-0.25, -0.2) is 0 Å². The highest BCUT2D eigenvalue weighted by Gasteiger charge is 2.06. The Labute approximate surface area is 137 Å². The van der Waals surface area contributed by atoms with Gasteiger partial charge < -0.3 is 14.8 Å². The Morgan fingerprint density at radius 1 is 1.00 bits per heavy atom. The average molecular weight is 313 g/mol. The zero-order chi connectivity index (χ0) is 16.5. The third-order valence-corrected chi connectivity index (χ3v) is 3.45. The maximum absolute atomic E-state index is 12.2. The summed E-state index contributed by atoms with van der Waals surface area (Å²) in [5, 5.41) is 2.94. The molecule has 0 bridgehead atoms. The van der Waals surface area contributed by atoms with Crippen molar-refractivity contribution in [2.75, 3.05) is 13.7 Å². The summed E-state index contributed by atoms with van der Waals surface area (Å²) >= 11 is 0. The molecule has 0 saturated carbocycles. The minimum Gasteiger partial charge on any atom is -0.380 e. The molecular formula is C19H23NO3. The lowest BCUT2D eigenvalue weighted by atomic mass is 10.1. The van der Waals surface area contributed by atoms with Gasteiger partial charge in [-0.3, -0.25) is 4.79 Å². The van der Waals surface area contributed by atoms with Crippen LogP contribution < -0.4 is 5.32 Å². The van der Waals surface area contributed by atoms with Crippen LogP contribution in [0.1, 0.15) is 34.0 Å². The first kappa shape index (κ1) is 17.2. The zero-order valence-corrected chi connectivity index (χ0v) is 13.7. The van der Waals surface area contributed by atoms with Crippen LogP contribution in [0.25, 0.3) is 0 Å². The van der Waals surface area contributed by atoms with Gasteiger partial charge in [0.15, 0.2) is 0 Å². The molecule has 0 saturated heterocycles. The van der Waals surface area contributed by atoms with Crippen LogP contribution in [0.5, 0.6) is 0 Å². The van der Waals surface area contributed by atoms with E-state index in [1.807, 2.05) is 49.4 Å². The van der Waals surface area contributed by atoms with E-state index < -0.39 is 0 Å². The quantitative estimate of drug-likeness (QED) is 0.813. The molecule has 122 valence electrons. The lowest BCUT2D eigenvalue weighted by molar-refractivity contribution is 0.0950. The van der Waals surface area contributed by atoms with Gasteiger partial charge >= 0.3 is 0 Å². The molecule has 0 heterocycles. The van der Waals surface area contributed by atoms with Gasteiger partial charge in [0.05, 0.1) is 13.2 Å². The zero-order valence-electron chi connectivity index (χ0n) is 13.7. The third kappa shape index (κ3) is 5.51. The van der Waals surface area contributed by atoms with E-state index in [4.69, 9.17) is 9.47 Å². The number of ether oxygens (including phenoxy) is 2. The van der Waals surface area contributed by atoms with Crippen LogP contribution in [-0.2, 0) is 29.2 Å². The topological polar surface area (TPSA) is 47.6 Å². The largest absolute Gasteiger partial charge is 0.380 e. The number of amides is 1. The molecule has 4 heteroatoms. The summed E-state index contributed by atoms with van der Waals surface area (Å²) in [5.74, 6) is -0.0821. The van der Waals surface area contributed by atoms with Crippen LogP contribution in [0, 0.1) is 0 Å². The minimum absolute atomic E-state index is 0.0821. The molecule has 0 aliphatic heterocycles. The summed E-state index contributed by atoms with van der Waals surface area (Å²) in [4.78, 5) is 12.2. The number of carbonyl (C=O) groups excluding carboxylic acids is 1. The maximum Gasteiger partial charge on any atom is 0.251 e. The third-order valence-electron chi connectivity index (χ3n) is 3.45. The van der Waals surface area contributed by atoms with Crippen molar-refractivity contribution in [2.45, 2.75) is 26.7 Å². The summed E-state index contributed by atoms with van der Waals surface area (Å²) in [5.41, 5.74) is 3.83. The first-order chi connectivity index (χ1) is 11.2. The molecule has 0 spiro atoms. The number of nitrogens with one attached hydrogen (secondary N) is 1. The number of hydrogen-bond donors (Lipinski definition) is 1. The van der Waals surface area contributed by atoms with Crippen LogP contribution in [0.3, 0.4) is 0 Å². The van der Waals surface area contributed by atoms with E-state index in [9.17, 15) is 4.79 Å². The molecule has 1 amide bonds. The average Bonchev–Trinajstić information content (AvgIpc) is 2.59. The number of methoxy groups -OCH3 is 1. The molecule has 0 unspecified atom stereocenters. The van der Waals surface area contributed by atoms with Crippen molar-refractivity contribution in [3.8, 4) is 0 Å². The summed E-state index contributed by atoms with van der Waals surface area (Å²) in [6.07, 6.45) is 0. The highest BCUT2D eigenvalue weighted by molar-refractivity contribution is 5.94. The van der Waals surface area contributed by atoms with E-state index in [0.29, 0.717) is 31.9 Å². The highest BCUT2D eigenvalue weighted by atomic mass is 16.5. The van der Waals surface area contributed by atoms with Crippen LogP contribution in [0.2, 0.25) is 0 Å². The van der Waals surface area contributed by atoms with E-state index >= 15 is 0 Å². The summed E-state index contributed by atoms with van der Waals surface area (Å²) in [6, 6.07) is 15.5. The Morgan fingerprint density at radius 2 is 1.74 bits per heavy atom. The van der Waals surface area contributed by atoms with E-state index in [2.05, 4.69) is 5.32 Å². The molecule has 2 rings (SSSR count). The van der Waals surface area contributed by atoms with Crippen LogP contribution >= 0.6 is 0 Å². The van der Waals surface area contributed by atoms with Crippen LogP contribution in [0.15, 0.2) is 48.5 Å². The predicted octanol–water partition coefficient (Wildman–Crippen LogP) is 3.30. The SMILES string of the molecule is CCOCc1ccc(CNC(=O)c2cccc(COC)c2)cc1. The first-order valence-corrected chi connectivity index (χ1v) is 7.74. The second-order valence-corrected chi connectivity index (χ2v) is 5.27. The molecular weight excluding hydrogens is 290 g/mol. The van der Waals surface area contributed by atoms with E-state index in [0.717, 1.165) is 16.7 Å². The molecule has 0 atom stereocenters. The van der Waals surface area contributed by atoms with Crippen molar-refractivity contribution >= 4 is 5.91 Å². The molecule has 0 aliphatic rings. The van der Waals surface area contributed by atoms with Gasteiger partial charge in [0, 0.05) is 25.8 Å². The molecule has 0 fully saturated rings. The van der Waals surface area contributed by atoms with Crippen molar-refractivity contribution in [1.29, 1.82) is 0 Å². The number of hydrogen-bond acceptors (Lipinski definition) is 3. The molecule has 2 aromatic rings. The summed E-state index contributed by atoms with van der Waals surface area (Å²) < 4.78 is 10.5. The Morgan fingerprint density at radius 3 is 2.43 bits per heavy atom. The fourth-order valence-corrected chi connectivity index (χ4v) is 2.23. The van der Waals surface area contributed by atoms with Gasteiger partial charge in [-0.1, -0.05) is 36.4 Å². The fourth-order valence-electron chi connectivity index (χ4n) is 2.23. The van der Waals surface area contributed by atoms with Gasteiger partial charge in [0.25, 0.3) is 5.91 Å². The number of rotatable bonds is 8. The maximum atomic E-state index is 12.2.